The molecule has 0 bridgehead atoms. The number of aromatic hydroxyl groups is 1. The monoisotopic (exact) mass is 371 g/mol. The van der Waals surface area contributed by atoms with Crippen LogP contribution in [0.1, 0.15) is 6.42 Å². The lowest BCUT2D eigenvalue weighted by molar-refractivity contribution is 0.471. The van der Waals surface area contributed by atoms with Gasteiger partial charge in [-0.3, -0.25) is 0 Å². The molecule has 6 nitrogen and oxygen atoms in total. The second-order valence-electron chi connectivity index (χ2n) is 6.63. The van der Waals surface area contributed by atoms with Crippen molar-refractivity contribution in [3.63, 3.8) is 0 Å². The number of hydrogen-bond acceptors (Lipinski definition) is 4. The zero-order chi connectivity index (χ0) is 18.3. The van der Waals surface area contributed by atoms with Crippen LogP contribution < -0.4 is 4.90 Å². The molecular weight excluding hydrogens is 350 g/mol. The molecule has 2 aromatic carbocycles. The number of anilines is 1. The normalized spacial score (nSPS) is 18.4. The van der Waals surface area contributed by atoms with E-state index in [4.69, 9.17) is 0 Å². The van der Waals surface area contributed by atoms with Crippen LogP contribution in [-0.2, 0) is 10.0 Å². The third-order valence-corrected chi connectivity index (χ3v) is 7.03. The molecule has 1 atom stereocenters. The van der Waals surface area contributed by atoms with Gasteiger partial charge in [-0.15, -0.1) is 0 Å². The summed E-state index contributed by atoms with van der Waals surface area (Å²) in [4.78, 5) is 5.49. The fraction of sp³-hybridized carbons (Fsp3) is 0.263. The Labute approximate surface area is 152 Å². The van der Waals surface area contributed by atoms with Crippen molar-refractivity contribution in [2.24, 2.45) is 0 Å². The second-order valence-corrected chi connectivity index (χ2v) is 8.53. The smallest absolute Gasteiger partial charge is 0.243 e. The van der Waals surface area contributed by atoms with E-state index in [0.29, 0.717) is 18.0 Å². The number of phenolic OH excluding ortho intramolecular Hbond substituents is 1. The van der Waals surface area contributed by atoms with Gasteiger partial charge in [0.05, 0.1) is 4.90 Å². The van der Waals surface area contributed by atoms with Gasteiger partial charge >= 0.3 is 0 Å². The Morgan fingerprint density at radius 2 is 1.92 bits per heavy atom. The second kappa shape index (κ2) is 6.34. The third-order valence-electron chi connectivity index (χ3n) is 5.10. The Morgan fingerprint density at radius 3 is 2.69 bits per heavy atom. The summed E-state index contributed by atoms with van der Waals surface area (Å²) < 4.78 is 27.9. The molecule has 7 heteroatoms. The van der Waals surface area contributed by atoms with Crippen molar-refractivity contribution in [2.45, 2.75) is 17.4 Å². The summed E-state index contributed by atoms with van der Waals surface area (Å²) in [5.74, 6) is 0.220. The van der Waals surface area contributed by atoms with E-state index in [1.807, 2.05) is 25.2 Å². The minimum absolute atomic E-state index is 0.0970. The quantitative estimate of drug-likeness (QED) is 0.739. The number of nitrogens with zero attached hydrogens (tertiary/aromatic N) is 2. The Balaban J connectivity index is 1.58. The van der Waals surface area contributed by atoms with Crippen LogP contribution >= 0.6 is 0 Å². The summed E-state index contributed by atoms with van der Waals surface area (Å²) >= 11 is 0. The SMILES string of the molecule is CN(c1ccc(O)cc1)[C@H]1CCN(S(=O)(=O)c2cccc3[nH]ccc23)C1. The van der Waals surface area contributed by atoms with Crippen molar-refractivity contribution in [3.05, 3.63) is 54.7 Å². The Hall–Kier alpha value is -2.51. The van der Waals surface area contributed by atoms with Crippen molar-refractivity contribution in [1.29, 1.82) is 0 Å². The summed E-state index contributed by atoms with van der Waals surface area (Å²) in [5, 5.41) is 10.2. The van der Waals surface area contributed by atoms with Gasteiger partial charge in [0.25, 0.3) is 0 Å². The molecule has 26 heavy (non-hydrogen) atoms. The molecule has 1 fully saturated rings. The Bertz CT molecular complexity index is 1030. The van der Waals surface area contributed by atoms with Crippen molar-refractivity contribution in [2.75, 3.05) is 25.0 Å². The number of aromatic amines is 1. The lowest BCUT2D eigenvalue weighted by atomic mass is 10.2. The van der Waals surface area contributed by atoms with E-state index in [0.717, 1.165) is 23.0 Å². The number of fused-ring (bicyclic) bond motifs is 1. The van der Waals surface area contributed by atoms with E-state index in [1.54, 1.807) is 40.8 Å². The number of nitrogens with one attached hydrogen (secondary N) is 1. The standard InChI is InChI=1S/C19H21N3O3S/c1-21(14-5-7-16(23)8-6-14)15-10-12-22(13-15)26(24,25)19-4-2-3-18-17(19)9-11-20-18/h2-9,11,15,20,23H,10,12-13H2,1H3/t15-/m0/s1. The van der Waals surface area contributed by atoms with E-state index in [1.165, 1.54) is 0 Å². The molecule has 0 aliphatic carbocycles. The van der Waals surface area contributed by atoms with Gasteiger partial charge < -0.3 is 15.0 Å². The van der Waals surface area contributed by atoms with Crippen LogP contribution in [-0.4, -0.2) is 49.0 Å². The van der Waals surface area contributed by atoms with Crippen LogP contribution in [0, 0.1) is 0 Å². The van der Waals surface area contributed by atoms with Gasteiger partial charge in [0.15, 0.2) is 0 Å². The lowest BCUT2D eigenvalue weighted by Crippen LogP contribution is -2.36. The maximum absolute atomic E-state index is 13.2. The molecule has 0 saturated carbocycles. The van der Waals surface area contributed by atoms with Gasteiger partial charge in [0.2, 0.25) is 10.0 Å². The minimum atomic E-state index is -3.54. The summed E-state index contributed by atoms with van der Waals surface area (Å²) in [6.07, 6.45) is 2.52. The average molecular weight is 371 g/mol. The predicted molar refractivity (Wildman–Crippen MR) is 102 cm³/mol. The summed E-state index contributed by atoms with van der Waals surface area (Å²) in [7, 11) is -1.59. The first-order valence-corrected chi connectivity index (χ1v) is 9.99. The number of sulfonamides is 1. The van der Waals surface area contributed by atoms with Crippen molar-refractivity contribution in [3.8, 4) is 5.75 Å². The zero-order valence-electron chi connectivity index (χ0n) is 14.5. The molecule has 0 radical (unpaired) electrons. The molecular formula is C19H21N3O3S. The first-order chi connectivity index (χ1) is 12.5. The maximum atomic E-state index is 13.2. The zero-order valence-corrected chi connectivity index (χ0v) is 15.3. The molecule has 0 unspecified atom stereocenters. The summed E-state index contributed by atoms with van der Waals surface area (Å²) in [6, 6.07) is 14.2. The molecule has 3 aromatic rings. The minimum Gasteiger partial charge on any atom is -0.508 e. The molecule has 0 spiro atoms. The number of benzene rings is 2. The van der Waals surface area contributed by atoms with E-state index in [9.17, 15) is 13.5 Å². The van der Waals surface area contributed by atoms with Crippen molar-refractivity contribution in [1.82, 2.24) is 9.29 Å². The number of H-pyrrole nitrogens is 1. The largest absolute Gasteiger partial charge is 0.508 e. The van der Waals surface area contributed by atoms with Crippen LogP contribution in [0.5, 0.6) is 5.75 Å². The highest BCUT2D eigenvalue weighted by atomic mass is 32.2. The van der Waals surface area contributed by atoms with Gasteiger partial charge in [-0.1, -0.05) is 6.07 Å². The highest BCUT2D eigenvalue weighted by Crippen LogP contribution is 2.30. The van der Waals surface area contributed by atoms with Gasteiger partial charge in [0, 0.05) is 49.0 Å². The number of rotatable bonds is 4. The van der Waals surface area contributed by atoms with Crippen LogP contribution in [0.4, 0.5) is 5.69 Å². The number of hydrogen-bond donors (Lipinski definition) is 2. The lowest BCUT2D eigenvalue weighted by Gasteiger charge is -2.27. The third kappa shape index (κ3) is 2.83. The van der Waals surface area contributed by atoms with Gasteiger partial charge in [-0.05, 0) is 48.9 Å². The molecule has 4 rings (SSSR count). The van der Waals surface area contributed by atoms with Crippen molar-refractivity contribution < 1.29 is 13.5 Å². The molecule has 2 N–H and O–H groups in total. The molecule has 1 saturated heterocycles. The Kier molecular flexibility index (Phi) is 4.13. The average Bonchev–Trinajstić information content (AvgIpc) is 3.31. The topological polar surface area (TPSA) is 76.6 Å². The Morgan fingerprint density at radius 1 is 1.15 bits per heavy atom. The molecule has 1 aromatic heterocycles. The number of phenols is 1. The van der Waals surface area contributed by atoms with Crippen LogP contribution in [0.2, 0.25) is 0 Å². The van der Waals surface area contributed by atoms with Crippen LogP contribution in [0.3, 0.4) is 0 Å². The molecule has 1 aliphatic heterocycles. The van der Waals surface area contributed by atoms with Crippen LogP contribution in [0.25, 0.3) is 10.9 Å². The highest BCUT2D eigenvalue weighted by molar-refractivity contribution is 7.89. The predicted octanol–water partition coefficient (Wildman–Crippen LogP) is 2.77. The van der Waals surface area contributed by atoms with Crippen LogP contribution in [0.15, 0.2) is 59.6 Å². The molecule has 136 valence electrons. The van der Waals surface area contributed by atoms with E-state index >= 15 is 0 Å². The van der Waals surface area contributed by atoms with Gasteiger partial charge in [0.1, 0.15) is 5.75 Å². The first kappa shape index (κ1) is 16.9. The first-order valence-electron chi connectivity index (χ1n) is 8.55. The van der Waals surface area contributed by atoms with Gasteiger partial charge in [-0.2, -0.15) is 4.31 Å². The summed E-state index contributed by atoms with van der Waals surface area (Å²) in [5.41, 5.74) is 1.78. The van der Waals surface area contributed by atoms with E-state index in [2.05, 4.69) is 9.88 Å². The number of aromatic nitrogens is 1. The fourth-order valence-corrected chi connectivity index (χ4v) is 5.26. The maximum Gasteiger partial charge on any atom is 0.243 e. The fourth-order valence-electron chi connectivity index (χ4n) is 3.56. The van der Waals surface area contributed by atoms with Gasteiger partial charge in [-0.25, -0.2) is 8.42 Å². The molecule has 1 aliphatic rings. The molecule has 2 heterocycles. The van der Waals surface area contributed by atoms with Crippen molar-refractivity contribution >= 4 is 26.6 Å². The molecule has 0 amide bonds. The summed E-state index contributed by atoms with van der Waals surface area (Å²) in [6.45, 7) is 0.941. The number of likely N-dealkylation sites (N-methyl/N-ethyl adjacent to an activating group) is 1. The highest BCUT2D eigenvalue weighted by Gasteiger charge is 2.35. The van der Waals surface area contributed by atoms with E-state index < -0.39 is 10.0 Å². The van der Waals surface area contributed by atoms with E-state index in [-0.39, 0.29) is 11.8 Å².